The molecule has 32 heavy (non-hydrogen) atoms. The van der Waals surface area contributed by atoms with Crippen molar-refractivity contribution in [2.45, 2.75) is 29.9 Å². The molecule has 1 aromatic rings. The predicted molar refractivity (Wildman–Crippen MR) is 127 cm³/mol. The number of fused-ring (bicyclic) bond motifs is 1. The van der Waals surface area contributed by atoms with Gasteiger partial charge in [0.25, 0.3) is 0 Å². The van der Waals surface area contributed by atoms with E-state index in [1.807, 2.05) is 43.3 Å². The Kier molecular flexibility index (Phi) is 7.57. The molecule has 0 bridgehead atoms. The van der Waals surface area contributed by atoms with Crippen LogP contribution >= 0.6 is 11.8 Å². The number of nitrogens with zero attached hydrogens (tertiary/aromatic N) is 3. The van der Waals surface area contributed by atoms with Crippen LogP contribution in [0.4, 0.5) is 11.4 Å². The summed E-state index contributed by atoms with van der Waals surface area (Å²) in [6.45, 7) is 4.55. The molecule has 0 unspecified atom stereocenters. The molecule has 176 valence electrons. The molecule has 1 amide bonds. The van der Waals surface area contributed by atoms with Crippen LogP contribution in [0.2, 0.25) is 0 Å². The van der Waals surface area contributed by atoms with Crippen LogP contribution in [0.5, 0.6) is 0 Å². The van der Waals surface area contributed by atoms with Gasteiger partial charge < -0.3 is 30.5 Å². The van der Waals surface area contributed by atoms with E-state index in [4.69, 9.17) is 4.74 Å². The SMILES string of the molecule is CN(C)c1ccc(NC2=N[C@H]3[C@@H](O)[C@H](O)C[C@H](C(=O)NCCN4CCOCC4)[C@H]3S2)cc1. The fourth-order valence-electron chi connectivity index (χ4n) is 4.37. The quantitative estimate of drug-likeness (QED) is 0.474. The number of amidine groups is 1. The Balaban J connectivity index is 1.36. The highest BCUT2D eigenvalue weighted by Crippen LogP contribution is 2.41. The van der Waals surface area contributed by atoms with Crippen molar-refractivity contribution in [3.05, 3.63) is 24.3 Å². The molecule has 5 atom stereocenters. The molecule has 4 rings (SSSR count). The van der Waals surface area contributed by atoms with Gasteiger partial charge in [-0.3, -0.25) is 14.7 Å². The lowest BCUT2D eigenvalue weighted by molar-refractivity contribution is -0.129. The molecular weight excluding hydrogens is 430 g/mol. The molecular formula is C22H33N5O4S. The lowest BCUT2D eigenvalue weighted by Gasteiger charge is -2.37. The first kappa shape index (κ1) is 23.3. The van der Waals surface area contributed by atoms with E-state index in [-0.39, 0.29) is 17.6 Å². The number of rotatable bonds is 6. The summed E-state index contributed by atoms with van der Waals surface area (Å²) in [5.74, 6) is -0.495. The van der Waals surface area contributed by atoms with E-state index in [9.17, 15) is 15.0 Å². The number of aliphatic hydroxyl groups excluding tert-OH is 2. The Morgan fingerprint density at radius 2 is 1.97 bits per heavy atom. The number of hydrogen-bond donors (Lipinski definition) is 4. The van der Waals surface area contributed by atoms with Crippen LogP contribution in [0.1, 0.15) is 6.42 Å². The first-order valence-electron chi connectivity index (χ1n) is 11.1. The number of benzene rings is 1. The van der Waals surface area contributed by atoms with Gasteiger partial charge in [0.1, 0.15) is 6.10 Å². The highest BCUT2D eigenvalue weighted by molar-refractivity contribution is 8.15. The molecule has 2 heterocycles. The van der Waals surface area contributed by atoms with Gasteiger partial charge in [-0.05, 0) is 30.7 Å². The van der Waals surface area contributed by atoms with Gasteiger partial charge in [0.2, 0.25) is 5.91 Å². The van der Waals surface area contributed by atoms with Crippen LogP contribution in [0, 0.1) is 5.92 Å². The molecule has 0 aromatic heterocycles. The maximum atomic E-state index is 13.0. The third-order valence-corrected chi connectivity index (χ3v) is 7.60. The summed E-state index contributed by atoms with van der Waals surface area (Å²) in [6.07, 6.45) is -1.70. The molecule has 2 aliphatic heterocycles. The Morgan fingerprint density at radius 1 is 1.25 bits per heavy atom. The van der Waals surface area contributed by atoms with Gasteiger partial charge in [-0.1, -0.05) is 11.8 Å². The minimum Gasteiger partial charge on any atom is -0.390 e. The molecule has 1 saturated heterocycles. The van der Waals surface area contributed by atoms with Crippen molar-refractivity contribution in [2.24, 2.45) is 10.9 Å². The lowest BCUT2D eigenvalue weighted by Crippen LogP contribution is -2.54. The Hall–Kier alpha value is -1.85. The maximum Gasteiger partial charge on any atom is 0.224 e. The van der Waals surface area contributed by atoms with E-state index in [0.717, 1.165) is 44.2 Å². The number of carbonyl (C=O) groups excluding carboxylic acids is 1. The number of thioether (sulfide) groups is 1. The van der Waals surface area contributed by atoms with E-state index in [1.165, 1.54) is 11.8 Å². The van der Waals surface area contributed by atoms with Gasteiger partial charge >= 0.3 is 0 Å². The Bertz CT molecular complexity index is 815. The zero-order valence-electron chi connectivity index (χ0n) is 18.6. The largest absolute Gasteiger partial charge is 0.390 e. The van der Waals surface area contributed by atoms with Crippen molar-refractivity contribution in [3.8, 4) is 0 Å². The average Bonchev–Trinajstić information content (AvgIpc) is 3.21. The van der Waals surface area contributed by atoms with E-state index >= 15 is 0 Å². The van der Waals surface area contributed by atoms with Crippen LogP contribution in [0.15, 0.2) is 29.3 Å². The van der Waals surface area contributed by atoms with Gasteiger partial charge in [-0.15, -0.1) is 0 Å². The first-order valence-corrected chi connectivity index (χ1v) is 12.0. The van der Waals surface area contributed by atoms with Crippen LogP contribution in [-0.4, -0.2) is 103 Å². The number of nitrogens with one attached hydrogen (secondary N) is 2. The van der Waals surface area contributed by atoms with Crippen LogP contribution in [0.25, 0.3) is 0 Å². The molecule has 1 aliphatic carbocycles. The molecule has 1 aromatic carbocycles. The first-order chi connectivity index (χ1) is 15.4. The summed E-state index contributed by atoms with van der Waals surface area (Å²) in [5, 5.41) is 27.7. The smallest absolute Gasteiger partial charge is 0.224 e. The zero-order valence-corrected chi connectivity index (χ0v) is 19.4. The number of ether oxygens (including phenoxy) is 1. The monoisotopic (exact) mass is 463 g/mol. The lowest BCUT2D eigenvalue weighted by atomic mass is 9.81. The Morgan fingerprint density at radius 3 is 2.66 bits per heavy atom. The molecule has 9 nitrogen and oxygen atoms in total. The summed E-state index contributed by atoms with van der Waals surface area (Å²) in [4.78, 5) is 21.9. The van der Waals surface area contributed by atoms with Gasteiger partial charge in [0.05, 0.1) is 31.3 Å². The summed E-state index contributed by atoms with van der Waals surface area (Å²) in [6, 6.07) is 7.46. The molecule has 3 aliphatic rings. The van der Waals surface area contributed by atoms with E-state index in [1.54, 1.807) is 0 Å². The van der Waals surface area contributed by atoms with E-state index in [0.29, 0.717) is 11.7 Å². The van der Waals surface area contributed by atoms with Gasteiger partial charge in [-0.25, -0.2) is 0 Å². The maximum absolute atomic E-state index is 13.0. The second kappa shape index (κ2) is 10.4. The molecule has 4 N–H and O–H groups in total. The second-order valence-electron chi connectivity index (χ2n) is 8.72. The van der Waals surface area contributed by atoms with Crippen LogP contribution in [-0.2, 0) is 9.53 Å². The number of aliphatic imine (C=N–C) groups is 1. The number of carbonyl (C=O) groups is 1. The number of anilines is 2. The van der Waals surface area contributed by atoms with Crippen molar-refractivity contribution < 1.29 is 19.7 Å². The minimum atomic E-state index is -0.972. The van der Waals surface area contributed by atoms with E-state index < -0.39 is 24.2 Å². The van der Waals surface area contributed by atoms with Gasteiger partial charge in [0.15, 0.2) is 5.17 Å². The second-order valence-corrected chi connectivity index (χ2v) is 9.89. The summed E-state index contributed by atoms with van der Waals surface area (Å²) in [5.41, 5.74) is 1.99. The van der Waals surface area contributed by atoms with E-state index in [2.05, 4.69) is 20.5 Å². The molecule has 1 saturated carbocycles. The standard InChI is InChI=1S/C22H33N5O4S/c1-26(2)15-5-3-14(4-6-15)24-22-25-18-19(29)17(28)13-16(20(18)32-22)21(30)23-7-8-27-9-11-31-12-10-27/h3-6,16-20,28-29H,7-13H2,1-2H3,(H,23,30)(H,24,25)/t16-,17+,18-,19-,20+/m0/s1. The van der Waals surface area contributed by atoms with Crippen molar-refractivity contribution >= 4 is 34.2 Å². The van der Waals surface area contributed by atoms with Crippen molar-refractivity contribution in [1.82, 2.24) is 10.2 Å². The van der Waals surface area contributed by atoms with Crippen molar-refractivity contribution in [1.29, 1.82) is 0 Å². The minimum absolute atomic E-state index is 0.0847. The molecule has 2 fully saturated rings. The predicted octanol–water partition coefficient (Wildman–Crippen LogP) is 0.195. The topological polar surface area (TPSA) is 110 Å². The molecule has 0 radical (unpaired) electrons. The third kappa shape index (κ3) is 5.37. The zero-order chi connectivity index (χ0) is 22.7. The number of amides is 1. The van der Waals surface area contributed by atoms with Crippen LogP contribution < -0.4 is 15.5 Å². The fraction of sp³-hybridized carbons (Fsp3) is 0.636. The summed E-state index contributed by atoms with van der Waals surface area (Å²) >= 11 is 1.47. The Labute approximate surface area is 193 Å². The number of hydrogen-bond acceptors (Lipinski definition) is 9. The third-order valence-electron chi connectivity index (χ3n) is 6.29. The summed E-state index contributed by atoms with van der Waals surface area (Å²) < 4.78 is 5.36. The summed E-state index contributed by atoms with van der Waals surface area (Å²) in [7, 11) is 3.98. The van der Waals surface area contributed by atoms with Crippen LogP contribution in [0.3, 0.4) is 0 Å². The molecule has 0 spiro atoms. The van der Waals surface area contributed by atoms with Gasteiger partial charge in [-0.2, -0.15) is 0 Å². The molecule has 10 heteroatoms. The van der Waals surface area contributed by atoms with Gasteiger partial charge in [0, 0.05) is 56.9 Å². The average molecular weight is 464 g/mol. The number of morpholine rings is 1. The highest BCUT2D eigenvalue weighted by Gasteiger charge is 2.50. The highest BCUT2D eigenvalue weighted by atomic mass is 32.2. The van der Waals surface area contributed by atoms with Crippen molar-refractivity contribution in [3.63, 3.8) is 0 Å². The normalized spacial score (nSPS) is 30.4. The fourth-order valence-corrected chi connectivity index (χ4v) is 5.74. The number of aliphatic hydroxyl groups is 2. The van der Waals surface area contributed by atoms with Crippen molar-refractivity contribution in [2.75, 3.05) is 63.7 Å².